The molecule has 1 atom stereocenters. The minimum Gasteiger partial charge on any atom is -0.356 e. The topological polar surface area (TPSA) is 47.5 Å². The molecule has 0 aliphatic carbocycles. The summed E-state index contributed by atoms with van der Waals surface area (Å²) in [6.45, 7) is 8.04. The number of hydrogen-bond acceptors (Lipinski definition) is 6. The third-order valence-electron chi connectivity index (χ3n) is 7.45. The molecule has 3 fully saturated rings. The molecule has 32 heavy (non-hydrogen) atoms. The van der Waals surface area contributed by atoms with Crippen LogP contribution in [0, 0.1) is 0 Å². The van der Waals surface area contributed by atoms with Gasteiger partial charge in [0.25, 0.3) is 0 Å². The van der Waals surface area contributed by atoms with Crippen LogP contribution in [0.4, 0.5) is 11.8 Å². The Bertz CT molecular complexity index is 827. The second-order valence-electron chi connectivity index (χ2n) is 9.76. The molecule has 3 aliphatic heterocycles. The lowest BCUT2D eigenvalue weighted by Gasteiger charge is -2.36. The van der Waals surface area contributed by atoms with Crippen molar-refractivity contribution in [2.75, 3.05) is 49.5 Å². The van der Waals surface area contributed by atoms with Crippen LogP contribution in [0.1, 0.15) is 50.5 Å². The van der Waals surface area contributed by atoms with Crippen LogP contribution in [0.15, 0.2) is 42.6 Å². The van der Waals surface area contributed by atoms with E-state index in [-0.39, 0.29) is 0 Å². The van der Waals surface area contributed by atoms with E-state index in [1.807, 2.05) is 6.20 Å². The molecule has 4 heterocycles. The molecule has 0 amide bonds. The van der Waals surface area contributed by atoms with Crippen molar-refractivity contribution in [1.82, 2.24) is 19.8 Å². The molecule has 5 rings (SSSR count). The molecule has 6 nitrogen and oxygen atoms in total. The van der Waals surface area contributed by atoms with E-state index in [1.54, 1.807) is 0 Å². The summed E-state index contributed by atoms with van der Waals surface area (Å²) in [5, 5.41) is 3.65. The molecule has 6 heteroatoms. The fourth-order valence-electron chi connectivity index (χ4n) is 5.60. The average molecular weight is 435 g/mol. The minimum absolute atomic E-state index is 0.455. The van der Waals surface area contributed by atoms with Crippen LogP contribution in [0.3, 0.4) is 0 Å². The third kappa shape index (κ3) is 5.59. The lowest BCUT2D eigenvalue weighted by molar-refractivity contribution is 0.122. The number of hydrogen-bond donors (Lipinski definition) is 1. The van der Waals surface area contributed by atoms with E-state index in [9.17, 15) is 0 Å². The van der Waals surface area contributed by atoms with Crippen LogP contribution in [0.5, 0.6) is 0 Å². The molecule has 1 unspecified atom stereocenters. The second-order valence-corrected chi connectivity index (χ2v) is 9.76. The van der Waals surface area contributed by atoms with Gasteiger partial charge in [0.15, 0.2) is 0 Å². The van der Waals surface area contributed by atoms with E-state index in [4.69, 9.17) is 4.98 Å². The Balaban J connectivity index is 1.10. The highest BCUT2D eigenvalue weighted by molar-refractivity contribution is 5.43. The maximum absolute atomic E-state index is 4.87. The van der Waals surface area contributed by atoms with E-state index in [1.165, 1.54) is 70.1 Å². The van der Waals surface area contributed by atoms with Gasteiger partial charge in [0, 0.05) is 51.0 Å². The lowest BCUT2D eigenvalue weighted by atomic mass is 10.0. The summed E-state index contributed by atoms with van der Waals surface area (Å²) in [7, 11) is 0. The quantitative estimate of drug-likeness (QED) is 0.741. The predicted octanol–water partition coefficient (Wildman–Crippen LogP) is 4.01. The number of rotatable bonds is 6. The summed E-state index contributed by atoms with van der Waals surface area (Å²) >= 11 is 0. The fourth-order valence-corrected chi connectivity index (χ4v) is 5.60. The van der Waals surface area contributed by atoms with Gasteiger partial charge < -0.3 is 10.2 Å². The van der Waals surface area contributed by atoms with E-state index < -0.39 is 0 Å². The summed E-state index contributed by atoms with van der Waals surface area (Å²) in [4.78, 5) is 17.2. The van der Waals surface area contributed by atoms with Gasteiger partial charge in [-0.15, -0.1) is 0 Å². The molecule has 0 saturated carbocycles. The number of nitrogens with one attached hydrogen (secondary N) is 1. The molecule has 172 valence electrons. The van der Waals surface area contributed by atoms with Crippen LogP contribution in [0.25, 0.3) is 0 Å². The zero-order chi connectivity index (χ0) is 21.6. The molecule has 3 saturated heterocycles. The van der Waals surface area contributed by atoms with Crippen LogP contribution in [-0.2, 0) is 6.54 Å². The highest BCUT2D eigenvalue weighted by Gasteiger charge is 2.31. The van der Waals surface area contributed by atoms with Crippen molar-refractivity contribution in [3.05, 3.63) is 48.2 Å². The van der Waals surface area contributed by atoms with Crippen LogP contribution in [-0.4, -0.2) is 71.1 Å². The minimum atomic E-state index is 0.455. The maximum atomic E-state index is 4.87. The molecule has 0 bridgehead atoms. The van der Waals surface area contributed by atoms with Crippen molar-refractivity contribution in [2.24, 2.45) is 0 Å². The first-order valence-electron chi connectivity index (χ1n) is 12.7. The van der Waals surface area contributed by atoms with Crippen LogP contribution in [0.2, 0.25) is 0 Å². The Morgan fingerprint density at radius 3 is 2.41 bits per heavy atom. The molecule has 0 radical (unpaired) electrons. The van der Waals surface area contributed by atoms with Gasteiger partial charge in [-0.1, -0.05) is 43.2 Å². The smallest absolute Gasteiger partial charge is 0.224 e. The number of likely N-dealkylation sites (tertiary alicyclic amines) is 2. The highest BCUT2D eigenvalue weighted by atomic mass is 15.3. The molecule has 2 aromatic rings. The standard InChI is InChI=1S/C26H38N6/c1-2-7-16-31(15-6-1)25-10-14-27-26(29-25)28-23-11-19-32(21-23)24-12-17-30(18-13-24)20-22-8-4-3-5-9-22/h3-5,8-10,14,23-24H,1-2,6-7,11-13,15-21H2,(H,27,28,29). The zero-order valence-electron chi connectivity index (χ0n) is 19.3. The number of anilines is 2. The molecular formula is C26H38N6. The maximum Gasteiger partial charge on any atom is 0.224 e. The first-order chi connectivity index (χ1) is 15.8. The second kappa shape index (κ2) is 10.6. The Kier molecular flexibility index (Phi) is 7.19. The van der Waals surface area contributed by atoms with Crippen molar-refractivity contribution in [2.45, 2.75) is 63.6 Å². The Morgan fingerprint density at radius 2 is 1.62 bits per heavy atom. The number of aromatic nitrogens is 2. The number of benzene rings is 1. The van der Waals surface area contributed by atoms with Crippen molar-refractivity contribution >= 4 is 11.8 Å². The van der Waals surface area contributed by atoms with Crippen molar-refractivity contribution in [3.63, 3.8) is 0 Å². The predicted molar refractivity (Wildman–Crippen MR) is 131 cm³/mol. The van der Waals surface area contributed by atoms with Crippen LogP contribution >= 0.6 is 0 Å². The molecule has 1 aromatic heterocycles. The van der Waals surface area contributed by atoms with Gasteiger partial charge in [0.2, 0.25) is 5.95 Å². The largest absolute Gasteiger partial charge is 0.356 e. The van der Waals surface area contributed by atoms with E-state index >= 15 is 0 Å². The molecule has 1 N–H and O–H groups in total. The molecule has 0 spiro atoms. The first-order valence-corrected chi connectivity index (χ1v) is 12.7. The molecular weight excluding hydrogens is 396 g/mol. The normalized spacial score (nSPS) is 23.9. The summed E-state index contributed by atoms with van der Waals surface area (Å²) in [5.41, 5.74) is 1.43. The Labute approximate surface area is 193 Å². The fraction of sp³-hybridized carbons (Fsp3) is 0.615. The van der Waals surface area contributed by atoms with Gasteiger partial charge >= 0.3 is 0 Å². The molecule has 3 aliphatic rings. The SMILES string of the molecule is c1ccc(CN2CCC(N3CCC(Nc4nccc(N5CCCCCC5)n4)C3)CC2)cc1. The van der Waals surface area contributed by atoms with Gasteiger partial charge in [-0.05, 0) is 56.8 Å². The Hall–Kier alpha value is -2.18. The van der Waals surface area contributed by atoms with Gasteiger partial charge in [0.1, 0.15) is 5.82 Å². The summed E-state index contributed by atoms with van der Waals surface area (Å²) in [5.74, 6) is 1.89. The summed E-state index contributed by atoms with van der Waals surface area (Å²) < 4.78 is 0. The summed E-state index contributed by atoms with van der Waals surface area (Å²) in [6, 6.07) is 14.1. The average Bonchev–Trinajstić information content (AvgIpc) is 3.12. The van der Waals surface area contributed by atoms with Crippen LogP contribution < -0.4 is 10.2 Å². The van der Waals surface area contributed by atoms with Crippen molar-refractivity contribution < 1.29 is 0 Å². The number of piperidine rings is 1. The summed E-state index contributed by atoms with van der Waals surface area (Å²) in [6.07, 6.45) is 10.9. The van der Waals surface area contributed by atoms with E-state index in [2.05, 4.69) is 61.4 Å². The van der Waals surface area contributed by atoms with E-state index in [0.29, 0.717) is 6.04 Å². The molecule has 1 aromatic carbocycles. The van der Waals surface area contributed by atoms with Crippen molar-refractivity contribution in [1.29, 1.82) is 0 Å². The lowest BCUT2D eigenvalue weighted by Crippen LogP contribution is -2.44. The Morgan fingerprint density at radius 1 is 0.844 bits per heavy atom. The third-order valence-corrected chi connectivity index (χ3v) is 7.45. The monoisotopic (exact) mass is 434 g/mol. The number of nitrogens with zero attached hydrogens (tertiary/aromatic N) is 5. The van der Waals surface area contributed by atoms with Gasteiger partial charge in [-0.25, -0.2) is 4.98 Å². The highest BCUT2D eigenvalue weighted by Crippen LogP contribution is 2.24. The van der Waals surface area contributed by atoms with Crippen molar-refractivity contribution in [3.8, 4) is 0 Å². The van der Waals surface area contributed by atoms with E-state index in [0.717, 1.165) is 44.0 Å². The zero-order valence-corrected chi connectivity index (χ0v) is 19.3. The first kappa shape index (κ1) is 21.7. The van der Waals surface area contributed by atoms with Gasteiger partial charge in [-0.2, -0.15) is 4.98 Å². The van der Waals surface area contributed by atoms with Gasteiger partial charge in [0.05, 0.1) is 0 Å². The van der Waals surface area contributed by atoms with Gasteiger partial charge in [-0.3, -0.25) is 9.80 Å².